The molecule has 1 aromatic rings. The van der Waals surface area contributed by atoms with Gasteiger partial charge in [0.2, 0.25) is 5.91 Å². The molecule has 0 saturated carbocycles. The van der Waals surface area contributed by atoms with Gasteiger partial charge in [0.1, 0.15) is 17.7 Å². The lowest BCUT2D eigenvalue weighted by Crippen LogP contribution is -2.31. The summed E-state index contributed by atoms with van der Waals surface area (Å²) in [4.78, 5) is 17.9. The SMILES string of the molecule is CCNc1nc(NC2CCN(C)C2=O)c(Cl)cc1Cl. The summed E-state index contributed by atoms with van der Waals surface area (Å²) >= 11 is 12.1. The smallest absolute Gasteiger partial charge is 0.244 e. The second kappa shape index (κ2) is 5.84. The fraction of sp³-hybridized carbons (Fsp3) is 0.500. The van der Waals surface area contributed by atoms with Crippen molar-refractivity contribution in [2.75, 3.05) is 30.8 Å². The summed E-state index contributed by atoms with van der Waals surface area (Å²) in [6, 6.07) is 1.35. The van der Waals surface area contributed by atoms with Crippen LogP contribution in [0.1, 0.15) is 13.3 Å². The van der Waals surface area contributed by atoms with Crippen LogP contribution >= 0.6 is 23.2 Å². The monoisotopic (exact) mass is 302 g/mol. The molecule has 19 heavy (non-hydrogen) atoms. The van der Waals surface area contributed by atoms with Crippen molar-refractivity contribution in [3.63, 3.8) is 0 Å². The van der Waals surface area contributed by atoms with Gasteiger partial charge in [-0.3, -0.25) is 4.79 Å². The van der Waals surface area contributed by atoms with E-state index in [-0.39, 0.29) is 11.9 Å². The van der Waals surface area contributed by atoms with E-state index in [9.17, 15) is 4.79 Å². The van der Waals surface area contributed by atoms with Gasteiger partial charge in [-0.1, -0.05) is 23.2 Å². The van der Waals surface area contributed by atoms with Crippen LogP contribution in [0.25, 0.3) is 0 Å². The summed E-state index contributed by atoms with van der Waals surface area (Å²) in [7, 11) is 1.78. The number of carbonyl (C=O) groups excluding carboxylic acids is 1. The van der Waals surface area contributed by atoms with Gasteiger partial charge in [-0.15, -0.1) is 0 Å². The van der Waals surface area contributed by atoms with E-state index in [0.717, 1.165) is 13.0 Å². The summed E-state index contributed by atoms with van der Waals surface area (Å²) < 4.78 is 0. The van der Waals surface area contributed by atoms with Crippen LogP contribution < -0.4 is 10.6 Å². The van der Waals surface area contributed by atoms with Crippen LogP contribution in [0, 0.1) is 0 Å². The number of carbonyl (C=O) groups is 1. The lowest BCUT2D eigenvalue weighted by molar-refractivity contribution is -0.127. The van der Waals surface area contributed by atoms with Crippen LogP contribution in [0.4, 0.5) is 11.6 Å². The first-order valence-electron chi connectivity index (χ1n) is 6.14. The molecule has 104 valence electrons. The molecule has 2 heterocycles. The Morgan fingerprint density at radius 3 is 2.68 bits per heavy atom. The molecule has 0 aromatic carbocycles. The van der Waals surface area contributed by atoms with E-state index in [4.69, 9.17) is 23.2 Å². The number of halogens is 2. The van der Waals surface area contributed by atoms with Crippen molar-refractivity contribution in [3.8, 4) is 0 Å². The normalized spacial score (nSPS) is 18.8. The number of hydrogen-bond acceptors (Lipinski definition) is 4. The zero-order chi connectivity index (χ0) is 14.0. The summed E-state index contributed by atoms with van der Waals surface area (Å²) in [5, 5.41) is 7.01. The largest absolute Gasteiger partial charge is 0.369 e. The van der Waals surface area contributed by atoms with Gasteiger partial charge in [-0.05, 0) is 19.4 Å². The average molecular weight is 303 g/mol. The topological polar surface area (TPSA) is 57.3 Å². The van der Waals surface area contributed by atoms with Crippen molar-refractivity contribution in [2.45, 2.75) is 19.4 Å². The molecule has 1 atom stereocenters. The molecule has 7 heteroatoms. The van der Waals surface area contributed by atoms with Gasteiger partial charge in [0, 0.05) is 20.1 Å². The number of pyridine rings is 1. The number of anilines is 2. The third-order valence-electron chi connectivity index (χ3n) is 3.01. The van der Waals surface area contributed by atoms with Crippen molar-refractivity contribution in [1.82, 2.24) is 9.88 Å². The molecule has 1 saturated heterocycles. The Hall–Kier alpha value is -1.20. The molecule has 2 N–H and O–H groups in total. The molecule has 0 bridgehead atoms. The standard InChI is InChI=1S/C12H16Cl2N4O/c1-3-15-10-7(13)6-8(14)11(17-10)16-9-4-5-18(2)12(9)19/h6,9H,3-5H2,1-2H3,(H2,15,16,17). The van der Waals surface area contributed by atoms with Crippen LogP contribution in [0.5, 0.6) is 0 Å². The Balaban J connectivity index is 2.20. The van der Waals surface area contributed by atoms with Crippen molar-refractivity contribution < 1.29 is 4.79 Å². The number of amides is 1. The molecular formula is C12H16Cl2N4O. The number of nitrogens with zero attached hydrogens (tertiary/aromatic N) is 2. The Labute approximate surface area is 122 Å². The third kappa shape index (κ3) is 3.04. The minimum absolute atomic E-state index is 0.0535. The first-order chi connectivity index (χ1) is 9.02. The van der Waals surface area contributed by atoms with Crippen LogP contribution in [0.3, 0.4) is 0 Å². The van der Waals surface area contributed by atoms with Gasteiger partial charge in [-0.2, -0.15) is 0 Å². The third-order valence-corrected chi connectivity index (χ3v) is 3.59. The van der Waals surface area contributed by atoms with Crippen LogP contribution in [-0.4, -0.2) is 42.0 Å². The van der Waals surface area contributed by atoms with Gasteiger partial charge in [0.05, 0.1) is 10.0 Å². The fourth-order valence-corrected chi connectivity index (χ4v) is 2.46. The molecule has 1 aromatic heterocycles. The predicted octanol–water partition coefficient (Wildman–Crippen LogP) is 2.46. The number of aromatic nitrogens is 1. The maximum Gasteiger partial charge on any atom is 0.244 e. The van der Waals surface area contributed by atoms with Gasteiger partial charge >= 0.3 is 0 Å². The number of nitrogens with one attached hydrogen (secondary N) is 2. The minimum Gasteiger partial charge on any atom is -0.369 e. The van der Waals surface area contributed by atoms with Crippen LogP contribution in [-0.2, 0) is 4.79 Å². The number of likely N-dealkylation sites (N-methyl/N-ethyl adjacent to an activating group) is 1. The predicted molar refractivity (Wildman–Crippen MR) is 78.1 cm³/mol. The Kier molecular flexibility index (Phi) is 4.37. The summed E-state index contributed by atoms with van der Waals surface area (Å²) in [6.45, 7) is 3.40. The molecule has 0 aliphatic carbocycles. The van der Waals surface area contributed by atoms with E-state index < -0.39 is 0 Å². The van der Waals surface area contributed by atoms with Crippen molar-refractivity contribution >= 4 is 40.7 Å². The number of likely N-dealkylation sites (tertiary alicyclic amines) is 1. The Morgan fingerprint density at radius 1 is 1.42 bits per heavy atom. The fourth-order valence-electron chi connectivity index (χ4n) is 1.98. The maximum absolute atomic E-state index is 11.8. The average Bonchev–Trinajstić information content (AvgIpc) is 2.67. The van der Waals surface area contributed by atoms with Gasteiger partial charge in [0.15, 0.2) is 0 Å². The first kappa shape index (κ1) is 14.2. The molecule has 0 spiro atoms. The lowest BCUT2D eigenvalue weighted by atomic mass is 10.2. The first-order valence-corrected chi connectivity index (χ1v) is 6.90. The van der Waals surface area contributed by atoms with E-state index in [1.54, 1.807) is 18.0 Å². The minimum atomic E-state index is -0.273. The van der Waals surface area contributed by atoms with E-state index in [1.165, 1.54) is 0 Å². The molecule has 1 aliphatic rings. The highest BCUT2D eigenvalue weighted by Gasteiger charge is 2.29. The highest BCUT2D eigenvalue weighted by Crippen LogP contribution is 2.30. The van der Waals surface area contributed by atoms with E-state index in [1.807, 2.05) is 6.92 Å². The van der Waals surface area contributed by atoms with Crippen molar-refractivity contribution in [3.05, 3.63) is 16.1 Å². The second-order valence-corrected chi connectivity index (χ2v) is 5.24. The summed E-state index contributed by atoms with van der Waals surface area (Å²) in [6.07, 6.45) is 0.743. The summed E-state index contributed by atoms with van der Waals surface area (Å²) in [5.41, 5.74) is 0. The summed E-state index contributed by atoms with van der Waals surface area (Å²) in [5.74, 6) is 1.10. The Bertz CT molecular complexity index is 495. The molecule has 1 fully saturated rings. The highest BCUT2D eigenvalue weighted by molar-refractivity contribution is 6.37. The quantitative estimate of drug-likeness (QED) is 0.897. The molecule has 5 nitrogen and oxygen atoms in total. The van der Waals surface area contributed by atoms with Gasteiger partial charge in [0.25, 0.3) is 0 Å². The highest BCUT2D eigenvalue weighted by atomic mass is 35.5. The van der Waals surface area contributed by atoms with E-state index >= 15 is 0 Å². The lowest BCUT2D eigenvalue weighted by Gasteiger charge is -2.15. The Morgan fingerprint density at radius 2 is 2.11 bits per heavy atom. The maximum atomic E-state index is 11.8. The number of rotatable bonds is 4. The van der Waals surface area contributed by atoms with Crippen molar-refractivity contribution in [2.24, 2.45) is 0 Å². The molecule has 1 unspecified atom stereocenters. The zero-order valence-corrected chi connectivity index (χ0v) is 12.3. The van der Waals surface area contributed by atoms with Gasteiger partial charge < -0.3 is 15.5 Å². The zero-order valence-electron chi connectivity index (χ0n) is 10.8. The van der Waals surface area contributed by atoms with Crippen LogP contribution in [0.2, 0.25) is 10.0 Å². The molecule has 2 rings (SSSR count). The van der Waals surface area contributed by atoms with Gasteiger partial charge in [-0.25, -0.2) is 4.98 Å². The number of hydrogen-bond donors (Lipinski definition) is 2. The van der Waals surface area contributed by atoms with E-state index in [2.05, 4.69) is 15.6 Å². The van der Waals surface area contributed by atoms with Crippen LogP contribution in [0.15, 0.2) is 6.07 Å². The van der Waals surface area contributed by atoms with E-state index in [0.29, 0.717) is 28.2 Å². The molecule has 1 amide bonds. The molecular weight excluding hydrogens is 287 g/mol. The second-order valence-electron chi connectivity index (χ2n) is 4.42. The molecule has 0 radical (unpaired) electrons. The van der Waals surface area contributed by atoms with Crippen molar-refractivity contribution in [1.29, 1.82) is 0 Å². The molecule has 1 aliphatic heterocycles.